The number of carbonyl (C=O) groups is 1. The minimum Gasteiger partial charge on any atom is -0.406 e. The quantitative estimate of drug-likeness (QED) is 0.224. The van der Waals surface area contributed by atoms with E-state index >= 15 is 0 Å². The molecule has 4 aromatic rings. The highest BCUT2D eigenvalue weighted by Crippen LogP contribution is 2.40. The first kappa shape index (κ1) is 27.9. The number of halogens is 6. The van der Waals surface area contributed by atoms with Gasteiger partial charge in [-0.2, -0.15) is 18.3 Å². The van der Waals surface area contributed by atoms with Crippen LogP contribution in [0, 0.1) is 6.92 Å². The number of benzene rings is 2. The Morgan fingerprint density at radius 2 is 1.68 bits per heavy atom. The van der Waals surface area contributed by atoms with Crippen molar-refractivity contribution in [2.24, 2.45) is 0 Å². The summed E-state index contributed by atoms with van der Waals surface area (Å²) in [5.74, 6) is -1.50. The van der Waals surface area contributed by atoms with Gasteiger partial charge in [-0.3, -0.25) is 14.2 Å². The molecular formula is C25H17F6N5O4S. The third kappa shape index (κ3) is 5.68. The lowest BCUT2D eigenvalue weighted by molar-refractivity contribution is -0.274. The fourth-order valence-corrected chi connectivity index (χ4v) is 5.52. The SMILES string of the molecule is Cc1cc(C(=O)c2ccc3c(c2)N(S(=O)(=O)c2ccc(OC(F)(F)F)cc2)Cc2ccc(C(F)(F)F)nc2N3)n[nH]1. The molecule has 0 amide bonds. The number of rotatable bonds is 5. The predicted octanol–water partition coefficient (Wildman–Crippen LogP) is 5.71. The molecule has 16 heteroatoms. The molecule has 2 aromatic carbocycles. The molecule has 0 bridgehead atoms. The zero-order valence-corrected chi connectivity index (χ0v) is 21.4. The number of alkyl halides is 6. The molecule has 0 saturated carbocycles. The number of aromatic nitrogens is 3. The summed E-state index contributed by atoms with van der Waals surface area (Å²) in [5, 5.41) is 9.25. The second-order valence-corrected chi connectivity index (χ2v) is 10.7. The highest BCUT2D eigenvalue weighted by atomic mass is 32.2. The van der Waals surface area contributed by atoms with Crippen molar-refractivity contribution >= 4 is 33.0 Å². The number of nitrogens with one attached hydrogen (secondary N) is 2. The van der Waals surface area contributed by atoms with Gasteiger partial charge in [-0.15, -0.1) is 13.2 Å². The van der Waals surface area contributed by atoms with Crippen molar-refractivity contribution in [3.05, 3.63) is 88.9 Å². The number of ether oxygens (including phenoxy) is 1. The van der Waals surface area contributed by atoms with Crippen molar-refractivity contribution in [3.8, 4) is 5.75 Å². The molecule has 41 heavy (non-hydrogen) atoms. The highest BCUT2D eigenvalue weighted by molar-refractivity contribution is 7.92. The van der Waals surface area contributed by atoms with Crippen LogP contribution in [0.1, 0.15) is 33.0 Å². The summed E-state index contributed by atoms with van der Waals surface area (Å²) in [6.07, 6.45) is -9.78. The average Bonchev–Trinajstić information content (AvgIpc) is 3.24. The second-order valence-electron chi connectivity index (χ2n) is 8.86. The molecular weight excluding hydrogens is 580 g/mol. The zero-order chi connectivity index (χ0) is 29.7. The number of nitrogens with zero attached hydrogens (tertiary/aromatic N) is 3. The van der Waals surface area contributed by atoms with Crippen LogP contribution in [-0.4, -0.2) is 35.7 Å². The fraction of sp³-hybridized carbons (Fsp3) is 0.160. The van der Waals surface area contributed by atoms with Crippen LogP contribution in [0.2, 0.25) is 0 Å². The molecule has 0 saturated heterocycles. The summed E-state index contributed by atoms with van der Waals surface area (Å²) in [6, 6.07) is 10.5. The van der Waals surface area contributed by atoms with Crippen LogP contribution in [0.4, 0.5) is 43.5 Å². The van der Waals surface area contributed by atoms with E-state index in [0.717, 1.165) is 34.6 Å². The predicted molar refractivity (Wildman–Crippen MR) is 132 cm³/mol. The molecule has 2 aromatic heterocycles. The molecule has 1 aliphatic heterocycles. The first-order valence-electron chi connectivity index (χ1n) is 11.6. The standard InChI is InChI=1S/C25H17F6N5O4S/c1-13-10-19(35-34-13)22(37)14-2-8-18-20(11-14)36(12-15-3-9-21(24(26,27)28)33-23(15)32-18)41(38,39)17-6-4-16(5-7-17)40-25(29,30)31/h2-11H,12H2,1H3,(H,32,33)(H,34,35). The Bertz CT molecular complexity index is 1750. The van der Waals surface area contributed by atoms with Gasteiger partial charge in [0.1, 0.15) is 23.0 Å². The number of anilines is 3. The van der Waals surface area contributed by atoms with Crippen molar-refractivity contribution in [1.29, 1.82) is 0 Å². The van der Waals surface area contributed by atoms with Gasteiger partial charge in [-0.1, -0.05) is 6.07 Å². The molecule has 0 spiro atoms. The van der Waals surface area contributed by atoms with Gasteiger partial charge in [-0.05, 0) is 61.5 Å². The number of fused-ring (bicyclic) bond motifs is 2. The van der Waals surface area contributed by atoms with Gasteiger partial charge in [0.15, 0.2) is 0 Å². The maximum atomic E-state index is 13.8. The second kappa shape index (κ2) is 9.79. The van der Waals surface area contributed by atoms with Crippen LogP contribution in [0.3, 0.4) is 0 Å². The first-order chi connectivity index (χ1) is 19.1. The Balaban J connectivity index is 1.63. The van der Waals surface area contributed by atoms with E-state index in [-0.39, 0.29) is 34.0 Å². The van der Waals surface area contributed by atoms with Gasteiger partial charge in [0.2, 0.25) is 5.78 Å². The Morgan fingerprint density at radius 1 is 0.976 bits per heavy atom. The number of sulfonamides is 1. The summed E-state index contributed by atoms with van der Waals surface area (Å²) in [6.45, 7) is 1.15. The number of aryl methyl sites for hydroxylation is 1. The Kier molecular flexibility index (Phi) is 6.68. The summed E-state index contributed by atoms with van der Waals surface area (Å²) in [5.41, 5.74) is -0.627. The summed E-state index contributed by atoms with van der Waals surface area (Å²) >= 11 is 0. The third-order valence-corrected chi connectivity index (χ3v) is 7.72. The van der Waals surface area contributed by atoms with E-state index in [4.69, 9.17) is 0 Å². The lowest BCUT2D eigenvalue weighted by Crippen LogP contribution is -2.30. The Hall–Kier alpha value is -4.60. The van der Waals surface area contributed by atoms with Crippen LogP contribution in [0.25, 0.3) is 0 Å². The van der Waals surface area contributed by atoms with Crippen molar-refractivity contribution in [3.63, 3.8) is 0 Å². The Labute approximate surface area is 227 Å². The van der Waals surface area contributed by atoms with Gasteiger partial charge in [0.05, 0.1) is 22.8 Å². The van der Waals surface area contributed by atoms with Crippen LogP contribution < -0.4 is 14.4 Å². The smallest absolute Gasteiger partial charge is 0.406 e. The summed E-state index contributed by atoms with van der Waals surface area (Å²) in [4.78, 5) is 16.2. The summed E-state index contributed by atoms with van der Waals surface area (Å²) in [7, 11) is -4.57. The molecule has 0 fully saturated rings. The van der Waals surface area contributed by atoms with Gasteiger partial charge in [0.25, 0.3) is 10.0 Å². The largest absolute Gasteiger partial charge is 0.573 e. The van der Waals surface area contributed by atoms with Crippen molar-refractivity contribution in [1.82, 2.24) is 15.2 Å². The van der Waals surface area contributed by atoms with Crippen LogP contribution in [0.5, 0.6) is 5.75 Å². The third-order valence-electron chi connectivity index (χ3n) is 5.95. The minimum atomic E-state index is -5.00. The fourth-order valence-electron chi connectivity index (χ4n) is 4.07. The van der Waals surface area contributed by atoms with Crippen LogP contribution >= 0.6 is 0 Å². The van der Waals surface area contributed by atoms with Crippen LogP contribution in [-0.2, 0) is 22.7 Å². The highest BCUT2D eigenvalue weighted by Gasteiger charge is 2.36. The van der Waals surface area contributed by atoms with Gasteiger partial charge < -0.3 is 10.1 Å². The zero-order valence-electron chi connectivity index (χ0n) is 20.6. The van der Waals surface area contributed by atoms with Crippen molar-refractivity contribution < 1.29 is 44.3 Å². The van der Waals surface area contributed by atoms with E-state index in [1.165, 1.54) is 24.3 Å². The normalized spacial score (nSPS) is 13.6. The molecule has 5 rings (SSSR count). The molecule has 1 aliphatic rings. The topological polar surface area (TPSA) is 117 Å². The van der Waals surface area contributed by atoms with E-state index in [0.29, 0.717) is 11.8 Å². The number of pyridine rings is 1. The van der Waals surface area contributed by atoms with Gasteiger partial charge in [0, 0.05) is 16.8 Å². The minimum absolute atomic E-state index is 0.00549. The lowest BCUT2D eigenvalue weighted by atomic mass is 10.1. The van der Waals surface area contributed by atoms with Crippen molar-refractivity contribution in [2.45, 2.75) is 30.9 Å². The van der Waals surface area contributed by atoms with Crippen molar-refractivity contribution in [2.75, 3.05) is 9.62 Å². The molecule has 9 nitrogen and oxygen atoms in total. The average molecular weight is 597 g/mol. The maximum absolute atomic E-state index is 13.8. The molecule has 0 unspecified atom stereocenters. The molecule has 0 radical (unpaired) electrons. The number of H-pyrrole nitrogens is 1. The first-order valence-corrected chi connectivity index (χ1v) is 13.0. The molecule has 0 atom stereocenters. The Morgan fingerprint density at radius 3 is 2.29 bits per heavy atom. The monoisotopic (exact) mass is 597 g/mol. The molecule has 214 valence electrons. The van der Waals surface area contributed by atoms with Gasteiger partial charge in [-0.25, -0.2) is 13.4 Å². The molecule has 2 N–H and O–H groups in total. The number of ketones is 1. The number of hydrogen-bond acceptors (Lipinski definition) is 7. The number of aromatic amines is 1. The molecule has 0 aliphatic carbocycles. The number of carbonyl (C=O) groups excluding carboxylic acids is 1. The van der Waals surface area contributed by atoms with E-state index in [1.807, 2.05) is 0 Å². The van der Waals surface area contributed by atoms with E-state index < -0.39 is 51.2 Å². The maximum Gasteiger partial charge on any atom is 0.573 e. The van der Waals surface area contributed by atoms with E-state index in [1.54, 1.807) is 6.92 Å². The van der Waals surface area contributed by atoms with Gasteiger partial charge >= 0.3 is 12.5 Å². The van der Waals surface area contributed by atoms with E-state index in [2.05, 4.69) is 25.2 Å². The number of hydrogen-bond donors (Lipinski definition) is 2. The molecule has 3 heterocycles. The lowest BCUT2D eigenvalue weighted by Gasteiger charge is -2.25. The van der Waals surface area contributed by atoms with E-state index in [9.17, 15) is 39.6 Å². The summed E-state index contributed by atoms with van der Waals surface area (Å²) < 4.78 is 110. The van der Waals surface area contributed by atoms with Crippen LogP contribution in [0.15, 0.2) is 65.6 Å².